The Kier molecular flexibility index (Phi) is 1.55. The summed E-state index contributed by atoms with van der Waals surface area (Å²) in [5, 5.41) is 3.39. The third kappa shape index (κ3) is 1.21. The minimum Gasteiger partial charge on any atom is -0.245 e. The Hall–Kier alpha value is -0.780. The molecule has 1 radical (unpaired) electrons. The molecular weight excluding hydrogens is 156 g/mol. The van der Waals surface area contributed by atoms with Gasteiger partial charge in [-0.15, -0.1) is 0 Å². The molecule has 1 aliphatic heterocycles. The SMILES string of the molecule is CS(=O)(=O)N1CC[N]C1=O. The molecule has 5 nitrogen and oxygen atoms in total. The number of urea groups is 1. The van der Waals surface area contributed by atoms with E-state index in [0.29, 0.717) is 0 Å². The van der Waals surface area contributed by atoms with Gasteiger partial charge in [0.25, 0.3) is 0 Å². The van der Waals surface area contributed by atoms with E-state index < -0.39 is 16.1 Å². The van der Waals surface area contributed by atoms with Crippen LogP contribution >= 0.6 is 0 Å². The lowest BCUT2D eigenvalue weighted by Crippen LogP contribution is -2.31. The predicted octanol–water partition coefficient (Wildman–Crippen LogP) is -1.01. The molecule has 57 valence electrons. The van der Waals surface area contributed by atoms with Crippen molar-refractivity contribution in [1.82, 2.24) is 9.62 Å². The number of amides is 2. The van der Waals surface area contributed by atoms with Gasteiger partial charge in [0.15, 0.2) is 0 Å². The lowest BCUT2D eigenvalue weighted by atomic mass is 10.7. The van der Waals surface area contributed by atoms with Crippen LogP contribution in [0.4, 0.5) is 4.79 Å². The summed E-state index contributed by atoms with van der Waals surface area (Å²) in [6.07, 6.45) is 0.992. The smallest absolute Gasteiger partial charge is 0.245 e. The molecule has 0 aromatic carbocycles. The number of nitrogens with zero attached hydrogens (tertiary/aromatic N) is 2. The van der Waals surface area contributed by atoms with E-state index in [-0.39, 0.29) is 13.1 Å². The van der Waals surface area contributed by atoms with Crippen LogP contribution in [0, 0.1) is 0 Å². The summed E-state index contributed by atoms with van der Waals surface area (Å²) in [6.45, 7) is 0.476. The van der Waals surface area contributed by atoms with E-state index >= 15 is 0 Å². The zero-order chi connectivity index (χ0) is 7.78. The standard InChI is InChI=1S/C4H7N2O3S/c1-10(8,9)6-3-2-5-4(6)7/h2-3H2,1H3. The Morgan fingerprint density at radius 2 is 2.20 bits per heavy atom. The highest BCUT2D eigenvalue weighted by atomic mass is 32.2. The lowest BCUT2D eigenvalue weighted by Gasteiger charge is -2.08. The molecule has 10 heavy (non-hydrogen) atoms. The zero-order valence-electron chi connectivity index (χ0n) is 5.44. The highest BCUT2D eigenvalue weighted by Gasteiger charge is 2.28. The average molecular weight is 163 g/mol. The highest BCUT2D eigenvalue weighted by Crippen LogP contribution is 2.03. The van der Waals surface area contributed by atoms with Crippen LogP contribution < -0.4 is 5.32 Å². The number of carbonyl (C=O) groups is 1. The van der Waals surface area contributed by atoms with Gasteiger partial charge in [-0.2, -0.15) is 0 Å². The van der Waals surface area contributed by atoms with Crippen molar-refractivity contribution in [3.8, 4) is 0 Å². The van der Waals surface area contributed by atoms with Gasteiger partial charge in [-0.3, -0.25) is 0 Å². The Morgan fingerprint density at radius 3 is 2.40 bits per heavy atom. The molecular formula is C4H7N2O3S. The van der Waals surface area contributed by atoms with Crippen LogP contribution in [0.1, 0.15) is 0 Å². The molecule has 2 amide bonds. The van der Waals surface area contributed by atoms with Crippen molar-refractivity contribution in [3.05, 3.63) is 0 Å². The van der Waals surface area contributed by atoms with E-state index in [9.17, 15) is 13.2 Å². The van der Waals surface area contributed by atoms with Crippen LogP contribution in [0.15, 0.2) is 0 Å². The number of carbonyl (C=O) groups excluding carboxylic acids is 1. The van der Waals surface area contributed by atoms with Crippen molar-refractivity contribution in [3.63, 3.8) is 0 Å². The lowest BCUT2D eigenvalue weighted by molar-refractivity contribution is 0.235. The van der Waals surface area contributed by atoms with Crippen molar-refractivity contribution in [2.75, 3.05) is 19.3 Å². The molecule has 1 heterocycles. The molecule has 0 spiro atoms. The van der Waals surface area contributed by atoms with Gasteiger partial charge in [0.05, 0.1) is 19.3 Å². The van der Waals surface area contributed by atoms with E-state index in [1.165, 1.54) is 0 Å². The fourth-order valence-corrected chi connectivity index (χ4v) is 1.47. The van der Waals surface area contributed by atoms with E-state index in [4.69, 9.17) is 0 Å². The third-order valence-electron chi connectivity index (χ3n) is 1.16. The highest BCUT2D eigenvalue weighted by molar-refractivity contribution is 7.88. The Balaban J connectivity index is 2.84. The summed E-state index contributed by atoms with van der Waals surface area (Å²) in [6, 6.07) is -0.650. The first-order valence-corrected chi connectivity index (χ1v) is 4.56. The molecule has 6 heteroatoms. The molecule has 0 aromatic heterocycles. The minimum atomic E-state index is -3.36. The van der Waals surface area contributed by atoms with E-state index in [2.05, 4.69) is 5.32 Å². The van der Waals surface area contributed by atoms with Crippen molar-refractivity contribution in [2.24, 2.45) is 0 Å². The van der Waals surface area contributed by atoms with Gasteiger partial charge in [0.2, 0.25) is 10.0 Å². The second kappa shape index (κ2) is 2.12. The molecule has 0 aliphatic carbocycles. The van der Waals surface area contributed by atoms with Crippen molar-refractivity contribution < 1.29 is 13.2 Å². The molecule has 0 unspecified atom stereocenters. The van der Waals surface area contributed by atoms with E-state index in [1.54, 1.807) is 0 Å². The van der Waals surface area contributed by atoms with Gasteiger partial charge in [-0.1, -0.05) is 0 Å². The maximum Gasteiger partial charge on any atom is 0.352 e. The first-order valence-electron chi connectivity index (χ1n) is 2.71. The van der Waals surface area contributed by atoms with Gasteiger partial charge in [-0.05, 0) is 0 Å². The summed E-state index contributed by atoms with van der Waals surface area (Å²) in [5.74, 6) is 0. The van der Waals surface area contributed by atoms with E-state index in [0.717, 1.165) is 10.6 Å². The zero-order valence-corrected chi connectivity index (χ0v) is 6.26. The molecule has 1 rings (SSSR count). The monoisotopic (exact) mass is 163 g/mol. The molecule has 1 aliphatic rings. The average Bonchev–Trinajstić information content (AvgIpc) is 2.11. The summed E-state index contributed by atoms with van der Waals surface area (Å²) in [4.78, 5) is 10.6. The summed E-state index contributed by atoms with van der Waals surface area (Å²) in [5.41, 5.74) is 0. The van der Waals surface area contributed by atoms with Crippen LogP contribution in [0.25, 0.3) is 0 Å². The topological polar surface area (TPSA) is 68.6 Å². The summed E-state index contributed by atoms with van der Waals surface area (Å²) in [7, 11) is -3.36. The largest absolute Gasteiger partial charge is 0.352 e. The normalized spacial score (nSPS) is 19.3. The molecule has 0 bridgehead atoms. The Morgan fingerprint density at radius 1 is 1.60 bits per heavy atom. The van der Waals surface area contributed by atoms with Gasteiger partial charge >= 0.3 is 6.03 Å². The first kappa shape index (κ1) is 7.33. The van der Waals surface area contributed by atoms with Crippen LogP contribution in [-0.2, 0) is 10.0 Å². The molecule has 0 N–H and O–H groups in total. The maximum absolute atomic E-state index is 10.7. The van der Waals surface area contributed by atoms with Crippen LogP contribution in [0.5, 0.6) is 0 Å². The third-order valence-corrected chi connectivity index (χ3v) is 2.30. The summed E-state index contributed by atoms with van der Waals surface area (Å²) >= 11 is 0. The van der Waals surface area contributed by atoms with Crippen molar-refractivity contribution in [1.29, 1.82) is 0 Å². The van der Waals surface area contributed by atoms with Crippen molar-refractivity contribution in [2.45, 2.75) is 0 Å². The first-order chi connectivity index (χ1) is 4.52. The van der Waals surface area contributed by atoms with Crippen LogP contribution in [0.3, 0.4) is 0 Å². The Bertz CT molecular complexity index is 245. The summed E-state index contributed by atoms with van der Waals surface area (Å²) < 4.78 is 22.1. The van der Waals surface area contributed by atoms with Gasteiger partial charge in [-0.25, -0.2) is 22.8 Å². The van der Waals surface area contributed by atoms with Gasteiger partial charge < -0.3 is 0 Å². The molecule has 1 fully saturated rings. The molecule has 0 saturated carbocycles. The second-order valence-corrected chi connectivity index (χ2v) is 3.91. The van der Waals surface area contributed by atoms with Crippen LogP contribution in [0.2, 0.25) is 0 Å². The molecule has 1 saturated heterocycles. The molecule has 0 aromatic rings. The Labute approximate surface area is 59.1 Å². The number of rotatable bonds is 1. The number of hydrogen-bond acceptors (Lipinski definition) is 3. The van der Waals surface area contributed by atoms with Crippen molar-refractivity contribution >= 4 is 16.1 Å². The van der Waals surface area contributed by atoms with Gasteiger partial charge in [0, 0.05) is 0 Å². The second-order valence-electron chi connectivity index (χ2n) is 2.00. The molecule has 0 atom stereocenters. The van der Waals surface area contributed by atoms with Crippen LogP contribution in [-0.4, -0.2) is 38.1 Å². The minimum absolute atomic E-state index is 0.192. The fraction of sp³-hybridized carbons (Fsp3) is 0.750. The number of sulfonamides is 1. The number of hydrogen-bond donors (Lipinski definition) is 0. The quantitative estimate of drug-likeness (QED) is 0.497. The fourth-order valence-electron chi connectivity index (χ4n) is 0.719. The predicted molar refractivity (Wildman–Crippen MR) is 33.9 cm³/mol. The van der Waals surface area contributed by atoms with E-state index in [1.807, 2.05) is 0 Å². The maximum atomic E-state index is 10.7. The van der Waals surface area contributed by atoms with Gasteiger partial charge in [0.1, 0.15) is 0 Å².